The minimum absolute atomic E-state index is 0.0956. The van der Waals surface area contributed by atoms with E-state index in [9.17, 15) is 10.1 Å². The SMILES string of the molecule is N#CC(=Cc1cccc(N2CCCC2)n1)C(=O)NC1(c2ccccc2)CCCC1. The van der Waals surface area contributed by atoms with E-state index >= 15 is 0 Å². The van der Waals surface area contributed by atoms with Crippen LogP contribution < -0.4 is 10.2 Å². The van der Waals surface area contributed by atoms with Crippen LogP contribution in [0.3, 0.4) is 0 Å². The number of aromatic nitrogens is 1. The summed E-state index contributed by atoms with van der Waals surface area (Å²) in [5, 5.41) is 12.8. The number of pyridine rings is 1. The van der Waals surface area contributed by atoms with Crippen LogP contribution in [0.1, 0.15) is 49.8 Å². The van der Waals surface area contributed by atoms with Crippen molar-refractivity contribution >= 4 is 17.8 Å². The summed E-state index contributed by atoms with van der Waals surface area (Å²) in [5.41, 5.74) is 1.45. The highest BCUT2D eigenvalue weighted by molar-refractivity contribution is 6.02. The highest BCUT2D eigenvalue weighted by atomic mass is 16.1. The predicted molar refractivity (Wildman–Crippen MR) is 114 cm³/mol. The summed E-state index contributed by atoms with van der Waals surface area (Å²) in [6, 6.07) is 17.9. The summed E-state index contributed by atoms with van der Waals surface area (Å²) in [4.78, 5) is 19.9. The fourth-order valence-corrected chi connectivity index (χ4v) is 4.45. The van der Waals surface area contributed by atoms with Gasteiger partial charge in [-0.25, -0.2) is 4.98 Å². The van der Waals surface area contributed by atoms with Crippen molar-refractivity contribution in [2.45, 2.75) is 44.1 Å². The Balaban J connectivity index is 1.57. The lowest BCUT2D eigenvalue weighted by molar-refractivity contribution is -0.119. The molecule has 1 saturated carbocycles. The Morgan fingerprint density at radius 1 is 1.03 bits per heavy atom. The molecule has 0 radical (unpaired) electrons. The van der Waals surface area contributed by atoms with Crippen LogP contribution in [0.5, 0.6) is 0 Å². The van der Waals surface area contributed by atoms with E-state index in [1.54, 1.807) is 6.08 Å². The lowest BCUT2D eigenvalue weighted by Crippen LogP contribution is -2.44. The van der Waals surface area contributed by atoms with E-state index in [2.05, 4.69) is 33.4 Å². The number of rotatable bonds is 5. The molecular weight excluding hydrogens is 360 g/mol. The zero-order valence-corrected chi connectivity index (χ0v) is 16.6. The molecule has 1 aliphatic carbocycles. The molecule has 0 spiro atoms. The van der Waals surface area contributed by atoms with Crippen molar-refractivity contribution in [1.29, 1.82) is 5.26 Å². The Labute approximate surface area is 172 Å². The van der Waals surface area contributed by atoms with E-state index < -0.39 is 0 Å². The van der Waals surface area contributed by atoms with Gasteiger partial charge in [0, 0.05) is 13.1 Å². The smallest absolute Gasteiger partial charge is 0.262 e. The number of nitriles is 1. The molecule has 148 valence electrons. The highest BCUT2D eigenvalue weighted by Gasteiger charge is 2.37. The van der Waals surface area contributed by atoms with E-state index in [1.807, 2.05) is 36.4 Å². The molecule has 29 heavy (non-hydrogen) atoms. The van der Waals surface area contributed by atoms with Crippen molar-refractivity contribution in [3.8, 4) is 6.07 Å². The maximum atomic E-state index is 13.0. The van der Waals surface area contributed by atoms with Gasteiger partial charge in [0.2, 0.25) is 0 Å². The van der Waals surface area contributed by atoms with E-state index in [1.165, 1.54) is 12.8 Å². The number of anilines is 1. The molecule has 1 aromatic carbocycles. The van der Waals surface area contributed by atoms with Gasteiger partial charge in [-0.15, -0.1) is 0 Å². The minimum atomic E-state index is -0.390. The van der Waals surface area contributed by atoms with Crippen LogP contribution in [-0.4, -0.2) is 24.0 Å². The fourth-order valence-electron chi connectivity index (χ4n) is 4.45. The summed E-state index contributed by atoms with van der Waals surface area (Å²) in [6.07, 6.45) is 7.88. The van der Waals surface area contributed by atoms with Crippen molar-refractivity contribution in [3.05, 3.63) is 65.4 Å². The molecule has 0 bridgehead atoms. The zero-order valence-electron chi connectivity index (χ0n) is 16.6. The third-order valence-corrected chi connectivity index (χ3v) is 5.98. The summed E-state index contributed by atoms with van der Waals surface area (Å²) < 4.78 is 0. The molecule has 2 aromatic rings. The van der Waals surface area contributed by atoms with Gasteiger partial charge in [-0.1, -0.05) is 49.2 Å². The summed E-state index contributed by atoms with van der Waals surface area (Å²) in [5.74, 6) is 0.581. The first kappa shape index (κ1) is 19.2. The van der Waals surface area contributed by atoms with Crippen LogP contribution in [0.15, 0.2) is 54.1 Å². The third-order valence-electron chi connectivity index (χ3n) is 5.98. The van der Waals surface area contributed by atoms with E-state index in [-0.39, 0.29) is 17.0 Å². The Morgan fingerprint density at radius 2 is 1.76 bits per heavy atom. The number of hydrogen-bond acceptors (Lipinski definition) is 4. The standard InChI is InChI=1S/C24H26N4O/c25-18-19(17-21-11-8-12-22(26-21)28-15-6-7-16-28)23(29)27-24(13-4-5-14-24)20-9-2-1-3-10-20/h1-3,8-12,17H,4-7,13-16H2,(H,27,29). The molecule has 5 nitrogen and oxygen atoms in total. The lowest BCUT2D eigenvalue weighted by Gasteiger charge is -2.31. The van der Waals surface area contributed by atoms with Crippen LogP contribution >= 0.6 is 0 Å². The maximum Gasteiger partial charge on any atom is 0.262 e. The minimum Gasteiger partial charge on any atom is -0.357 e. The largest absolute Gasteiger partial charge is 0.357 e. The summed E-state index contributed by atoms with van der Waals surface area (Å²) in [7, 11) is 0. The molecule has 2 aliphatic rings. The van der Waals surface area contributed by atoms with E-state index in [0.717, 1.165) is 50.2 Å². The topological polar surface area (TPSA) is 69.0 Å². The molecule has 1 saturated heterocycles. The normalized spacial score (nSPS) is 18.4. The van der Waals surface area contributed by atoms with E-state index in [4.69, 9.17) is 0 Å². The number of nitrogens with one attached hydrogen (secondary N) is 1. The van der Waals surface area contributed by atoms with Crippen molar-refractivity contribution in [3.63, 3.8) is 0 Å². The first-order chi connectivity index (χ1) is 14.2. The van der Waals surface area contributed by atoms with Gasteiger partial charge in [0.05, 0.1) is 11.2 Å². The molecule has 1 amide bonds. The molecule has 2 heterocycles. The molecule has 0 atom stereocenters. The number of benzene rings is 1. The van der Waals surface area contributed by atoms with Gasteiger partial charge in [0.15, 0.2) is 0 Å². The Morgan fingerprint density at radius 3 is 2.45 bits per heavy atom. The van der Waals surface area contributed by atoms with Crippen molar-refractivity contribution in [1.82, 2.24) is 10.3 Å². The van der Waals surface area contributed by atoms with Gasteiger partial charge in [-0.05, 0) is 49.5 Å². The zero-order chi connectivity index (χ0) is 20.1. The fraction of sp³-hybridized carbons (Fsp3) is 0.375. The predicted octanol–water partition coefficient (Wildman–Crippen LogP) is 4.17. The summed E-state index contributed by atoms with van der Waals surface area (Å²) in [6.45, 7) is 2.01. The lowest BCUT2D eigenvalue weighted by atomic mass is 9.88. The molecule has 1 N–H and O–H groups in total. The maximum absolute atomic E-state index is 13.0. The average molecular weight is 386 g/mol. The van der Waals surface area contributed by atoms with Gasteiger partial charge >= 0.3 is 0 Å². The second-order valence-corrected chi connectivity index (χ2v) is 7.89. The van der Waals surface area contributed by atoms with Gasteiger partial charge in [-0.3, -0.25) is 4.79 Å². The van der Waals surface area contributed by atoms with Crippen molar-refractivity contribution in [2.75, 3.05) is 18.0 Å². The van der Waals surface area contributed by atoms with Gasteiger partial charge in [0.25, 0.3) is 5.91 Å². The summed E-state index contributed by atoms with van der Waals surface area (Å²) >= 11 is 0. The molecule has 5 heteroatoms. The first-order valence-corrected chi connectivity index (χ1v) is 10.4. The van der Waals surface area contributed by atoms with E-state index in [0.29, 0.717) is 5.69 Å². The Kier molecular flexibility index (Phi) is 5.62. The van der Waals surface area contributed by atoms with Crippen LogP contribution in [0, 0.1) is 11.3 Å². The number of carbonyl (C=O) groups excluding carboxylic acids is 1. The second-order valence-electron chi connectivity index (χ2n) is 7.89. The van der Waals surface area contributed by atoms with Crippen LogP contribution in [-0.2, 0) is 10.3 Å². The molecular formula is C24H26N4O. The van der Waals surface area contributed by atoms with Crippen molar-refractivity contribution in [2.24, 2.45) is 0 Å². The molecule has 1 aliphatic heterocycles. The monoisotopic (exact) mass is 386 g/mol. The number of amides is 1. The molecule has 2 fully saturated rings. The number of carbonyl (C=O) groups is 1. The Bertz CT molecular complexity index is 933. The number of nitrogens with zero attached hydrogens (tertiary/aromatic N) is 3. The third kappa shape index (κ3) is 4.17. The van der Waals surface area contributed by atoms with Crippen LogP contribution in [0.2, 0.25) is 0 Å². The highest BCUT2D eigenvalue weighted by Crippen LogP contribution is 2.38. The average Bonchev–Trinajstić information content (AvgIpc) is 3.46. The number of hydrogen-bond donors (Lipinski definition) is 1. The molecule has 0 unspecified atom stereocenters. The second kappa shape index (κ2) is 8.48. The quantitative estimate of drug-likeness (QED) is 0.618. The van der Waals surface area contributed by atoms with Gasteiger partial charge in [-0.2, -0.15) is 5.26 Å². The van der Waals surface area contributed by atoms with Gasteiger partial charge in [0.1, 0.15) is 17.5 Å². The Hall–Kier alpha value is -3.13. The van der Waals surface area contributed by atoms with Crippen LogP contribution in [0.4, 0.5) is 5.82 Å². The first-order valence-electron chi connectivity index (χ1n) is 10.4. The van der Waals surface area contributed by atoms with Crippen LogP contribution in [0.25, 0.3) is 6.08 Å². The van der Waals surface area contributed by atoms with Gasteiger partial charge < -0.3 is 10.2 Å². The van der Waals surface area contributed by atoms with Crippen molar-refractivity contribution < 1.29 is 4.79 Å². The molecule has 1 aromatic heterocycles. The molecule has 4 rings (SSSR count).